The molecule has 110 valence electrons. The summed E-state index contributed by atoms with van der Waals surface area (Å²) in [4.78, 5) is 24.6. The Balaban J connectivity index is 2.50. The molecular weight excluding hydrogens is 268 g/mol. The Morgan fingerprint density at radius 3 is 2.74 bits per heavy atom. The molecule has 6 nitrogen and oxygen atoms in total. The average Bonchev–Trinajstić information content (AvgIpc) is 2.37. The maximum atomic E-state index is 12.0. The van der Waals surface area contributed by atoms with Crippen LogP contribution in [0.15, 0.2) is 0 Å². The molecule has 0 radical (unpaired) electrons. The van der Waals surface area contributed by atoms with Gasteiger partial charge in [0.2, 0.25) is 0 Å². The number of nitrogens with zero attached hydrogens (tertiary/aromatic N) is 1. The first-order chi connectivity index (χ1) is 8.95. The number of aliphatic hydroxyl groups is 1. The lowest BCUT2D eigenvalue weighted by Crippen LogP contribution is -2.52. The lowest BCUT2D eigenvalue weighted by molar-refractivity contribution is -0.139. The first-order valence-corrected chi connectivity index (χ1v) is 7.80. The number of carboxylic acids is 1. The molecule has 1 fully saturated rings. The van der Waals surface area contributed by atoms with Gasteiger partial charge in [-0.05, 0) is 30.8 Å². The van der Waals surface area contributed by atoms with Crippen LogP contribution in [0.3, 0.4) is 0 Å². The highest BCUT2D eigenvalue weighted by Crippen LogP contribution is 2.16. The summed E-state index contributed by atoms with van der Waals surface area (Å²) in [6.45, 7) is 2.81. The molecule has 1 rings (SSSR count). The second-order valence-electron chi connectivity index (χ2n) is 4.90. The fraction of sp³-hybridized carbons (Fsp3) is 0.833. The van der Waals surface area contributed by atoms with Crippen molar-refractivity contribution in [3.8, 4) is 0 Å². The van der Waals surface area contributed by atoms with Gasteiger partial charge in [0, 0.05) is 13.1 Å². The molecule has 1 saturated heterocycles. The van der Waals surface area contributed by atoms with Gasteiger partial charge < -0.3 is 20.4 Å². The van der Waals surface area contributed by atoms with E-state index in [1.54, 1.807) is 16.7 Å². The molecule has 0 saturated carbocycles. The summed E-state index contributed by atoms with van der Waals surface area (Å²) in [6, 6.07) is -1.20. The zero-order valence-electron chi connectivity index (χ0n) is 11.3. The van der Waals surface area contributed by atoms with Gasteiger partial charge in [-0.25, -0.2) is 9.59 Å². The Labute approximate surface area is 117 Å². The fourth-order valence-corrected chi connectivity index (χ4v) is 2.52. The van der Waals surface area contributed by atoms with Crippen LogP contribution in [0.25, 0.3) is 0 Å². The summed E-state index contributed by atoms with van der Waals surface area (Å²) in [5.74, 6) is -0.298. The third kappa shape index (κ3) is 4.91. The minimum absolute atomic E-state index is 0.0222. The highest BCUT2D eigenvalue weighted by atomic mass is 32.2. The van der Waals surface area contributed by atoms with Crippen LogP contribution in [0.4, 0.5) is 4.79 Å². The lowest BCUT2D eigenvalue weighted by atomic mass is 9.97. The van der Waals surface area contributed by atoms with Gasteiger partial charge in [-0.3, -0.25) is 0 Å². The van der Waals surface area contributed by atoms with Crippen molar-refractivity contribution in [2.75, 3.05) is 25.1 Å². The van der Waals surface area contributed by atoms with Crippen LogP contribution in [0, 0.1) is 5.92 Å². The third-order valence-corrected chi connectivity index (χ3v) is 4.00. The van der Waals surface area contributed by atoms with Gasteiger partial charge in [-0.2, -0.15) is 11.8 Å². The summed E-state index contributed by atoms with van der Waals surface area (Å²) in [6.07, 6.45) is 2.47. The zero-order chi connectivity index (χ0) is 14.4. The van der Waals surface area contributed by atoms with E-state index in [-0.39, 0.29) is 18.1 Å². The van der Waals surface area contributed by atoms with Crippen LogP contribution in [0.1, 0.15) is 19.8 Å². The van der Waals surface area contributed by atoms with Crippen LogP contribution >= 0.6 is 11.8 Å². The molecular formula is C12H22N2O4S. The molecule has 7 heteroatoms. The number of aliphatic hydroxyl groups excluding tert-OH is 1. The molecule has 1 aliphatic heterocycles. The van der Waals surface area contributed by atoms with Crippen molar-refractivity contribution in [1.82, 2.24) is 10.2 Å². The quantitative estimate of drug-likeness (QED) is 0.690. The van der Waals surface area contributed by atoms with Crippen molar-refractivity contribution in [3.63, 3.8) is 0 Å². The van der Waals surface area contributed by atoms with Crippen LogP contribution < -0.4 is 5.32 Å². The molecule has 3 atom stereocenters. The number of likely N-dealkylation sites (tertiary alicyclic amines) is 1. The van der Waals surface area contributed by atoms with Gasteiger partial charge in [0.1, 0.15) is 6.04 Å². The summed E-state index contributed by atoms with van der Waals surface area (Å²) < 4.78 is 0. The van der Waals surface area contributed by atoms with Crippen LogP contribution in [-0.2, 0) is 4.79 Å². The van der Waals surface area contributed by atoms with Crippen molar-refractivity contribution in [2.45, 2.75) is 31.9 Å². The van der Waals surface area contributed by atoms with E-state index < -0.39 is 12.0 Å². The SMILES string of the molecule is CSCCC(NC(=O)N1CCC(O)C(C)C1)C(=O)O. The van der Waals surface area contributed by atoms with E-state index in [0.29, 0.717) is 31.7 Å². The van der Waals surface area contributed by atoms with Gasteiger partial charge in [0.15, 0.2) is 0 Å². The number of urea groups is 1. The molecule has 3 unspecified atom stereocenters. The summed E-state index contributed by atoms with van der Waals surface area (Å²) in [7, 11) is 0. The Hall–Kier alpha value is -0.950. The largest absolute Gasteiger partial charge is 0.480 e. The van der Waals surface area contributed by atoms with Crippen LogP contribution in [-0.4, -0.2) is 64.4 Å². The standard InChI is InChI=1S/C12H22N2O4S/c1-8-7-14(5-3-10(8)15)12(18)13-9(11(16)17)4-6-19-2/h8-10,15H,3-7H2,1-2H3,(H,13,18)(H,16,17). The number of carbonyl (C=O) groups excluding carboxylic acids is 1. The number of piperidine rings is 1. The maximum Gasteiger partial charge on any atom is 0.326 e. The third-order valence-electron chi connectivity index (χ3n) is 3.35. The average molecular weight is 290 g/mol. The molecule has 2 amide bonds. The molecule has 1 aliphatic rings. The molecule has 0 bridgehead atoms. The molecule has 0 aromatic rings. The Kier molecular flexibility index (Phi) is 6.44. The van der Waals surface area contributed by atoms with Gasteiger partial charge in [-0.1, -0.05) is 6.92 Å². The fourth-order valence-electron chi connectivity index (χ4n) is 2.05. The molecule has 19 heavy (non-hydrogen) atoms. The lowest BCUT2D eigenvalue weighted by Gasteiger charge is -2.34. The number of rotatable bonds is 5. The monoisotopic (exact) mass is 290 g/mol. The number of nitrogens with one attached hydrogen (secondary N) is 1. The second-order valence-corrected chi connectivity index (χ2v) is 5.89. The predicted octanol–water partition coefficient (Wildman–Crippen LogP) is 0.605. The number of hydrogen-bond donors (Lipinski definition) is 3. The van der Waals surface area contributed by atoms with E-state index in [0.717, 1.165) is 0 Å². The number of carboxylic acid groups (broad SMARTS) is 1. The Bertz CT molecular complexity index is 327. The number of amides is 2. The summed E-state index contributed by atoms with van der Waals surface area (Å²) in [5.41, 5.74) is 0. The van der Waals surface area contributed by atoms with E-state index >= 15 is 0 Å². The Morgan fingerprint density at radius 1 is 1.53 bits per heavy atom. The van der Waals surface area contributed by atoms with Crippen molar-refractivity contribution in [1.29, 1.82) is 0 Å². The first kappa shape index (κ1) is 16.1. The zero-order valence-corrected chi connectivity index (χ0v) is 12.2. The van der Waals surface area contributed by atoms with Crippen molar-refractivity contribution < 1.29 is 19.8 Å². The van der Waals surface area contributed by atoms with Crippen molar-refractivity contribution in [3.05, 3.63) is 0 Å². The number of carbonyl (C=O) groups is 2. The van der Waals surface area contributed by atoms with Crippen molar-refractivity contribution >= 4 is 23.8 Å². The van der Waals surface area contributed by atoms with E-state index in [1.807, 2.05) is 13.2 Å². The smallest absolute Gasteiger partial charge is 0.326 e. The number of aliphatic carboxylic acids is 1. The van der Waals surface area contributed by atoms with E-state index in [2.05, 4.69) is 5.32 Å². The maximum absolute atomic E-state index is 12.0. The van der Waals surface area contributed by atoms with Gasteiger partial charge in [-0.15, -0.1) is 0 Å². The summed E-state index contributed by atoms with van der Waals surface area (Å²) in [5, 5.41) is 21.2. The van der Waals surface area contributed by atoms with Gasteiger partial charge in [0.05, 0.1) is 6.10 Å². The van der Waals surface area contributed by atoms with E-state index in [4.69, 9.17) is 5.11 Å². The number of hydrogen-bond acceptors (Lipinski definition) is 4. The van der Waals surface area contributed by atoms with Crippen LogP contribution in [0.5, 0.6) is 0 Å². The van der Waals surface area contributed by atoms with Crippen molar-refractivity contribution in [2.24, 2.45) is 5.92 Å². The molecule has 0 aliphatic carbocycles. The number of thioether (sulfide) groups is 1. The normalized spacial score (nSPS) is 24.9. The molecule has 3 N–H and O–H groups in total. The minimum atomic E-state index is -1.01. The molecule has 0 spiro atoms. The highest BCUT2D eigenvalue weighted by Gasteiger charge is 2.29. The molecule has 0 aromatic carbocycles. The van der Waals surface area contributed by atoms with Gasteiger partial charge in [0.25, 0.3) is 0 Å². The summed E-state index contributed by atoms with van der Waals surface area (Å²) >= 11 is 1.55. The highest BCUT2D eigenvalue weighted by molar-refractivity contribution is 7.98. The topological polar surface area (TPSA) is 89.9 Å². The second kappa shape index (κ2) is 7.59. The predicted molar refractivity (Wildman–Crippen MR) is 74.3 cm³/mol. The molecule has 0 aromatic heterocycles. The van der Waals surface area contributed by atoms with Gasteiger partial charge >= 0.3 is 12.0 Å². The molecule has 1 heterocycles. The Morgan fingerprint density at radius 2 is 2.21 bits per heavy atom. The van der Waals surface area contributed by atoms with E-state index in [9.17, 15) is 14.7 Å². The van der Waals surface area contributed by atoms with Crippen LogP contribution in [0.2, 0.25) is 0 Å². The first-order valence-electron chi connectivity index (χ1n) is 6.41. The minimum Gasteiger partial charge on any atom is -0.480 e. The van der Waals surface area contributed by atoms with E-state index in [1.165, 1.54) is 0 Å².